The van der Waals surface area contributed by atoms with Gasteiger partial charge in [0, 0.05) is 12.1 Å². The number of aliphatic hydroxyl groups excluding tert-OH is 1. The molecule has 1 aromatic heterocycles. The highest BCUT2D eigenvalue weighted by Crippen LogP contribution is 2.25. The van der Waals surface area contributed by atoms with E-state index in [1.807, 2.05) is 0 Å². The average molecular weight is 222 g/mol. The number of aromatic nitrogens is 2. The zero-order chi connectivity index (χ0) is 11.7. The van der Waals surface area contributed by atoms with Crippen LogP contribution in [0.4, 0.5) is 11.5 Å². The first-order valence-corrected chi connectivity index (χ1v) is 4.65. The Morgan fingerprint density at radius 2 is 2.31 bits per heavy atom. The first-order valence-electron chi connectivity index (χ1n) is 4.65. The molecule has 84 valence electrons. The predicted octanol–water partition coefficient (Wildman–Crippen LogP) is 0.519. The first kappa shape index (κ1) is 10.4. The van der Waals surface area contributed by atoms with Crippen LogP contribution in [0.3, 0.4) is 0 Å². The summed E-state index contributed by atoms with van der Waals surface area (Å²) in [6.07, 6.45) is 0. The SMILES string of the molecule is Nc1nn(CCO)c2ccc([N+](=O)[O-])cc12. The minimum Gasteiger partial charge on any atom is -0.394 e. The third-order valence-corrected chi connectivity index (χ3v) is 2.29. The number of anilines is 1. The van der Waals surface area contributed by atoms with Crippen LogP contribution in [0.1, 0.15) is 0 Å². The summed E-state index contributed by atoms with van der Waals surface area (Å²) in [5.74, 6) is 0.229. The molecule has 0 fully saturated rings. The quantitative estimate of drug-likeness (QED) is 0.581. The van der Waals surface area contributed by atoms with E-state index in [1.165, 1.54) is 16.8 Å². The molecule has 2 rings (SSSR count). The summed E-state index contributed by atoms with van der Waals surface area (Å²) in [6, 6.07) is 4.34. The maximum Gasteiger partial charge on any atom is 0.270 e. The van der Waals surface area contributed by atoms with E-state index in [1.54, 1.807) is 6.07 Å². The van der Waals surface area contributed by atoms with Gasteiger partial charge in [-0.2, -0.15) is 5.10 Å². The fourth-order valence-corrected chi connectivity index (χ4v) is 1.57. The Bertz CT molecular complexity index is 549. The maximum atomic E-state index is 10.6. The summed E-state index contributed by atoms with van der Waals surface area (Å²) in [7, 11) is 0. The predicted molar refractivity (Wildman–Crippen MR) is 57.9 cm³/mol. The zero-order valence-corrected chi connectivity index (χ0v) is 8.33. The number of fused-ring (bicyclic) bond motifs is 1. The van der Waals surface area contributed by atoms with Gasteiger partial charge in [0.05, 0.1) is 29.0 Å². The number of non-ortho nitro benzene ring substituents is 1. The smallest absolute Gasteiger partial charge is 0.270 e. The van der Waals surface area contributed by atoms with Crippen molar-refractivity contribution in [1.82, 2.24) is 9.78 Å². The Morgan fingerprint density at radius 3 is 2.94 bits per heavy atom. The van der Waals surface area contributed by atoms with E-state index in [-0.39, 0.29) is 18.1 Å². The number of aliphatic hydroxyl groups is 1. The lowest BCUT2D eigenvalue weighted by Gasteiger charge is -1.98. The molecule has 0 saturated carbocycles. The first-order chi connectivity index (χ1) is 7.63. The van der Waals surface area contributed by atoms with Gasteiger partial charge in [-0.1, -0.05) is 0 Å². The van der Waals surface area contributed by atoms with Gasteiger partial charge < -0.3 is 10.8 Å². The normalized spacial score (nSPS) is 10.8. The summed E-state index contributed by atoms with van der Waals surface area (Å²) in [4.78, 5) is 10.1. The number of nitrogen functional groups attached to an aromatic ring is 1. The van der Waals surface area contributed by atoms with E-state index in [0.717, 1.165) is 0 Å². The van der Waals surface area contributed by atoms with E-state index in [9.17, 15) is 10.1 Å². The van der Waals surface area contributed by atoms with Crippen molar-refractivity contribution in [2.45, 2.75) is 6.54 Å². The number of nitrogens with two attached hydrogens (primary N) is 1. The molecule has 16 heavy (non-hydrogen) atoms. The number of nitrogens with zero attached hydrogens (tertiary/aromatic N) is 3. The number of nitro groups is 1. The molecule has 0 saturated heterocycles. The number of hydrogen-bond donors (Lipinski definition) is 2. The summed E-state index contributed by atoms with van der Waals surface area (Å²) >= 11 is 0. The second kappa shape index (κ2) is 3.78. The molecule has 0 aliphatic carbocycles. The number of hydrogen-bond acceptors (Lipinski definition) is 5. The van der Waals surface area contributed by atoms with Crippen LogP contribution in [0.15, 0.2) is 18.2 Å². The standard InChI is InChI=1S/C9H10N4O3/c10-9-7-5-6(13(15)16)1-2-8(7)12(11-9)3-4-14/h1-2,5,14H,3-4H2,(H2,10,11). The van der Waals surface area contributed by atoms with Crippen molar-refractivity contribution in [2.24, 2.45) is 0 Å². The van der Waals surface area contributed by atoms with E-state index < -0.39 is 4.92 Å². The highest BCUT2D eigenvalue weighted by molar-refractivity contribution is 5.90. The largest absolute Gasteiger partial charge is 0.394 e. The van der Waals surface area contributed by atoms with Crippen molar-refractivity contribution in [3.8, 4) is 0 Å². The highest BCUT2D eigenvalue weighted by atomic mass is 16.6. The van der Waals surface area contributed by atoms with Crippen LogP contribution in [0, 0.1) is 10.1 Å². The van der Waals surface area contributed by atoms with Gasteiger partial charge in [0.15, 0.2) is 5.82 Å². The summed E-state index contributed by atoms with van der Waals surface area (Å²) in [6.45, 7) is 0.249. The molecule has 2 aromatic rings. The Labute approximate surface area is 90.2 Å². The molecule has 7 heteroatoms. The van der Waals surface area contributed by atoms with Crippen molar-refractivity contribution in [3.63, 3.8) is 0 Å². The molecule has 0 bridgehead atoms. The molecule has 1 aromatic carbocycles. The third-order valence-electron chi connectivity index (χ3n) is 2.29. The van der Waals surface area contributed by atoms with Crippen molar-refractivity contribution in [1.29, 1.82) is 0 Å². The van der Waals surface area contributed by atoms with Crippen molar-refractivity contribution in [2.75, 3.05) is 12.3 Å². The monoisotopic (exact) mass is 222 g/mol. The second-order valence-corrected chi connectivity index (χ2v) is 3.29. The minimum atomic E-state index is -0.484. The lowest BCUT2D eigenvalue weighted by molar-refractivity contribution is -0.384. The summed E-state index contributed by atoms with van der Waals surface area (Å²) in [5.41, 5.74) is 6.29. The van der Waals surface area contributed by atoms with E-state index in [2.05, 4.69) is 5.10 Å². The summed E-state index contributed by atoms with van der Waals surface area (Å²) in [5, 5.41) is 23.9. The molecule has 0 atom stereocenters. The lowest BCUT2D eigenvalue weighted by atomic mass is 10.2. The number of nitro benzene ring substituents is 1. The molecular formula is C9H10N4O3. The van der Waals surface area contributed by atoms with Gasteiger partial charge in [0.2, 0.25) is 0 Å². The van der Waals surface area contributed by atoms with Gasteiger partial charge in [-0.25, -0.2) is 0 Å². The minimum absolute atomic E-state index is 0.0252. The zero-order valence-electron chi connectivity index (χ0n) is 8.33. The van der Waals surface area contributed by atoms with Crippen LogP contribution in [-0.2, 0) is 6.54 Å². The van der Waals surface area contributed by atoms with Crippen LogP contribution in [-0.4, -0.2) is 26.4 Å². The molecule has 0 radical (unpaired) electrons. The second-order valence-electron chi connectivity index (χ2n) is 3.29. The molecule has 3 N–H and O–H groups in total. The van der Waals surface area contributed by atoms with E-state index in [0.29, 0.717) is 17.4 Å². The van der Waals surface area contributed by atoms with E-state index in [4.69, 9.17) is 10.8 Å². The van der Waals surface area contributed by atoms with Gasteiger partial charge in [-0.3, -0.25) is 14.8 Å². The summed E-state index contributed by atoms with van der Waals surface area (Å²) < 4.78 is 1.52. The van der Waals surface area contributed by atoms with Crippen molar-refractivity contribution in [3.05, 3.63) is 28.3 Å². The van der Waals surface area contributed by atoms with E-state index >= 15 is 0 Å². The molecule has 0 amide bonds. The van der Waals surface area contributed by atoms with Crippen LogP contribution in [0.5, 0.6) is 0 Å². The van der Waals surface area contributed by atoms with Crippen LogP contribution < -0.4 is 5.73 Å². The van der Waals surface area contributed by atoms with Gasteiger partial charge in [0.1, 0.15) is 0 Å². The molecule has 0 aliphatic rings. The fourth-order valence-electron chi connectivity index (χ4n) is 1.57. The topological polar surface area (TPSA) is 107 Å². The molecular weight excluding hydrogens is 212 g/mol. The Balaban J connectivity index is 2.61. The fraction of sp³-hybridized carbons (Fsp3) is 0.222. The number of rotatable bonds is 3. The Hall–Kier alpha value is -2.15. The maximum absolute atomic E-state index is 10.6. The van der Waals surface area contributed by atoms with Crippen molar-refractivity contribution >= 4 is 22.4 Å². The molecule has 0 spiro atoms. The van der Waals surface area contributed by atoms with Crippen molar-refractivity contribution < 1.29 is 10.0 Å². The third kappa shape index (κ3) is 1.57. The Morgan fingerprint density at radius 1 is 1.56 bits per heavy atom. The molecule has 1 heterocycles. The van der Waals surface area contributed by atoms with Gasteiger partial charge in [0.25, 0.3) is 5.69 Å². The highest BCUT2D eigenvalue weighted by Gasteiger charge is 2.12. The van der Waals surface area contributed by atoms with Gasteiger partial charge in [-0.05, 0) is 6.07 Å². The van der Waals surface area contributed by atoms with Gasteiger partial charge >= 0.3 is 0 Å². The van der Waals surface area contributed by atoms with Crippen LogP contribution >= 0.6 is 0 Å². The molecule has 7 nitrogen and oxygen atoms in total. The Kier molecular flexibility index (Phi) is 2.45. The lowest BCUT2D eigenvalue weighted by Crippen LogP contribution is -2.03. The van der Waals surface area contributed by atoms with Crippen LogP contribution in [0.25, 0.3) is 10.9 Å². The number of benzene rings is 1. The average Bonchev–Trinajstić information content (AvgIpc) is 2.56. The molecule has 0 aliphatic heterocycles. The molecule has 0 unspecified atom stereocenters. The van der Waals surface area contributed by atoms with Crippen LogP contribution in [0.2, 0.25) is 0 Å². The van der Waals surface area contributed by atoms with Gasteiger partial charge in [-0.15, -0.1) is 0 Å².